The summed E-state index contributed by atoms with van der Waals surface area (Å²) < 4.78 is 9.33. The molecule has 3 nitrogen and oxygen atoms in total. The Kier molecular flexibility index (Phi) is 4.99. The summed E-state index contributed by atoms with van der Waals surface area (Å²) in [7, 11) is 1.36. The molecular weight excluding hydrogens is 143 g/mol. The molecule has 10 heavy (non-hydrogen) atoms. The average molecular weight is 151 g/mol. The van der Waals surface area contributed by atoms with E-state index in [0.717, 1.165) is 0 Å². The van der Waals surface area contributed by atoms with Gasteiger partial charge in [-0.05, 0) is 6.08 Å². The maximum atomic E-state index is 10.6. The fraction of sp³-hybridized carbons (Fsp3) is 0.500. The Morgan fingerprint density at radius 1 is 1.80 bits per heavy atom. The quantitative estimate of drug-likeness (QED) is 0.382. The van der Waals surface area contributed by atoms with E-state index in [1.165, 1.54) is 7.11 Å². The predicted octanol–water partition coefficient (Wildman–Crippen LogP) is -0.265. The van der Waals surface area contributed by atoms with Gasteiger partial charge in [-0.2, -0.15) is 0 Å². The molecule has 0 saturated carbocycles. The number of hydrogen-bond donors (Lipinski definition) is 0. The van der Waals surface area contributed by atoms with Crippen LogP contribution in [-0.2, 0) is 14.3 Å². The molecule has 0 saturated heterocycles. The smallest absolute Gasteiger partial charge is 0.335 e. The molecule has 0 bridgehead atoms. The van der Waals surface area contributed by atoms with Gasteiger partial charge in [0.25, 0.3) is 0 Å². The van der Waals surface area contributed by atoms with E-state index in [-0.39, 0.29) is 35.5 Å². The molecule has 0 amide bonds. The number of hydrogen-bond acceptors (Lipinski definition) is 3. The maximum Gasteiger partial charge on any atom is 0.335 e. The Balaban J connectivity index is 0.000000810. The van der Waals surface area contributed by atoms with Crippen molar-refractivity contribution in [3.05, 3.63) is 11.6 Å². The van der Waals surface area contributed by atoms with Gasteiger partial charge < -0.3 is 9.47 Å². The van der Waals surface area contributed by atoms with Crippen LogP contribution in [0.1, 0.15) is 0 Å². The van der Waals surface area contributed by atoms with Gasteiger partial charge >= 0.3 is 5.97 Å². The Morgan fingerprint density at radius 3 is 2.90 bits per heavy atom. The fourth-order valence-electron chi connectivity index (χ4n) is 0.661. The molecule has 51 valence electrons. The van der Waals surface area contributed by atoms with E-state index in [2.05, 4.69) is 4.74 Å². The summed E-state index contributed by atoms with van der Waals surface area (Å²) in [5, 5.41) is 0. The zero-order chi connectivity index (χ0) is 6.69. The normalized spacial score (nSPS) is 15.5. The van der Waals surface area contributed by atoms with Crippen molar-refractivity contribution in [2.75, 3.05) is 20.3 Å². The summed E-state index contributed by atoms with van der Waals surface area (Å²) in [6, 6.07) is 0. The Bertz CT molecular complexity index is 153. The van der Waals surface area contributed by atoms with Crippen molar-refractivity contribution in [3.8, 4) is 0 Å². The minimum atomic E-state index is -0.285. The van der Waals surface area contributed by atoms with Crippen LogP contribution in [0.2, 0.25) is 0 Å². The molecule has 0 aromatic carbocycles. The van der Waals surface area contributed by atoms with Gasteiger partial charge in [-0.25, -0.2) is 4.79 Å². The van der Waals surface area contributed by atoms with Crippen molar-refractivity contribution >= 4 is 35.5 Å². The molecule has 4 heteroatoms. The van der Waals surface area contributed by atoms with E-state index in [1.807, 2.05) is 0 Å². The van der Waals surface area contributed by atoms with E-state index in [1.54, 1.807) is 6.08 Å². The van der Waals surface area contributed by atoms with Gasteiger partial charge in [0.05, 0.1) is 25.9 Å². The van der Waals surface area contributed by atoms with E-state index >= 15 is 0 Å². The second-order valence-electron chi connectivity index (χ2n) is 1.74. The molecule has 0 spiro atoms. The summed E-state index contributed by atoms with van der Waals surface area (Å²) in [5.74, 6) is -0.285. The molecular formula is C6H8NaO3. The Labute approximate surface area is 81.7 Å². The molecule has 1 aliphatic rings. The Morgan fingerprint density at radius 2 is 2.50 bits per heavy atom. The largest absolute Gasteiger partial charge is 0.466 e. The van der Waals surface area contributed by atoms with Crippen LogP contribution >= 0.6 is 0 Å². The molecule has 0 atom stereocenters. The average Bonchev–Trinajstić information content (AvgIpc) is 2.37. The van der Waals surface area contributed by atoms with Gasteiger partial charge in [0.2, 0.25) is 0 Å². The van der Waals surface area contributed by atoms with Gasteiger partial charge in [-0.3, -0.25) is 0 Å². The zero-order valence-electron chi connectivity index (χ0n) is 6.22. The van der Waals surface area contributed by atoms with Gasteiger partial charge in [-0.15, -0.1) is 0 Å². The molecule has 0 N–H and O–H groups in total. The first-order valence-corrected chi connectivity index (χ1v) is 2.69. The molecule has 1 aliphatic heterocycles. The monoisotopic (exact) mass is 151 g/mol. The standard InChI is InChI=1S/C6H8O3.Na/c1-8-6(7)5-2-3-9-4-5;/h2H,3-4H2,1H3;. The topological polar surface area (TPSA) is 35.5 Å². The third-order valence-corrected chi connectivity index (χ3v) is 1.15. The number of carbonyl (C=O) groups is 1. The number of methoxy groups -OCH3 is 1. The molecule has 0 aromatic rings. The van der Waals surface area contributed by atoms with Crippen molar-refractivity contribution in [2.45, 2.75) is 0 Å². The summed E-state index contributed by atoms with van der Waals surface area (Å²) in [6.07, 6.45) is 1.73. The van der Waals surface area contributed by atoms with Crippen LogP contribution in [0.5, 0.6) is 0 Å². The minimum absolute atomic E-state index is 0. The van der Waals surface area contributed by atoms with Crippen LogP contribution < -0.4 is 0 Å². The maximum absolute atomic E-state index is 10.6. The van der Waals surface area contributed by atoms with Crippen LogP contribution in [0, 0.1) is 0 Å². The predicted molar refractivity (Wildman–Crippen MR) is 36.7 cm³/mol. The first-order chi connectivity index (χ1) is 4.34. The van der Waals surface area contributed by atoms with Crippen LogP contribution in [0.25, 0.3) is 0 Å². The SMILES string of the molecule is COC(=O)C1=CCOC1.[Na]. The summed E-state index contributed by atoms with van der Waals surface area (Å²) in [4.78, 5) is 10.6. The molecule has 1 radical (unpaired) electrons. The molecule has 0 aliphatic carbocycles. The van der Waals surface area contributed by atoms with Gasteiger partial charge in [0.15, 0.2) is 0 Å². The van der Waals surface area contributed by atoms with Gasteiger partial charge in [0.1, 0.15) is 0 Å². The third-order valence-electron chi connectivity index (χ3n) is 1.15. The van der Waals surface area contributed by atoms with Gasteiger partial charge in [0, 0.05) is 29.6 Å². The van der Waals surface area contributed by atoms with Crippen LogP contribution in [0.15, 0.2) is 11.6 Å². The van der Waals surface area contributed by atoms with E-state index < -0.39 is 0 Å². The minimum Gasteiger partial charge on any atom is -0.466 e. The number of rotatable bonds is 1. The zero-order valence-corrected chi connectivity index (χ0v) is 8.22. The van der Waals surface area contributed by atoms with Crippen LogP contribution in [0.4, 0.5) is 0 Å². The summed E-state index contributed by atoms with van der Waals surface area (Å²) in [6.45, 7) is 0.928. The summed E-state index contributed by atoms with van der Waals surface area (Å²) >= 11 is 0. The van der Waals surface area contributed by atoms with E-state index in [9.17, 15) is 4.79 Å². The van der Waals surface area contributed by atoms with Crippen LogP contribution in [-0.4, -0.2) is 55.9 Å². The van der Waals surface area contributed by atoms with Crippen molar-refractivity contribution < 1.29 is 14.3 Å². The molecule has 0 unspecified atom stereocenters. The molecule has 0 aromatic heterocycles. The molecule has 1 rings (SSSR count). The van der Waals surface area contributed by atoms with Crippen molar-refractivity contribution in [1.82, 2.24) is 0 Å². The van der Waals surface area contributed by atoms with Crippen molar-refractivity contribution in [2.24, 2.45) is 0 Å². The van der Waals surface area contributed by atoms with Crippen LogP contribution in [0.3, 0.4) is 0 Å². The third kappa shape index (κ3) is 2.42. The summed E-state index contributed by atoms with van der Waals surface area (Å²) in [5.41, 5.74) is 0.623. The van der Waals surface area contributed by atoms with E-state index in [0.29, 0.717) is 18.8 Å². The first kappa shape index (κ1) is 10.2. The van der Waals surface area contributed by atoms with Crippen molar-refractivity contribution in [3.63, 3.8) is 0 Å². The number of ether oxygens (including phenoxy) is 2. The number of carbonyl (C=O) groups excluding carboxylic acids is 1. The second kappa shape index (κ2) is 4.91. The Hall–Kier alpha value is 0.170. The second-order valence-corrected chi connectivity index (χ2v) is 1.74. The number of esters is 1. The van der Waals surface area contributed by atoms with Gasteiger partial charge in [-0.1, -0.05) is 0 Å². The van der Waals surface area contributed by atoms with Crippen molar-refractivity contribution in [1.29, 1.82) is 0 Å². The van der Waals surface area contributed by atoms with E-state index in [4.69, 9.17) is 4.74 Å². The first-order valence-electron chi connectivity index (χ1n) is 2.69. The molecule has 0 fully saturated rings. The molecule has 1 heterocycles. The fourth-order valence-corrected chi connectivity index (χ4v) is 0.661.